The van der Waals surface area contributed by atoms with Crippen LogP contribution in [0.5, 0.6) is 0 Å². The van der Waals surface area contributed by atoms with Crippen LogP contribution in [0.15, 0.2) is 12.2 Å². The quantitative estimate of drug-likeness (QED) is 0.325. The zero-order valence-electron chi connectivity index (χ0n) is 4.39. The largest absolute Gasteiger partial charge is 0.463 e. The third kappa shape index (κ3) is 3.68. The van der Waals surface area contributed by atoms with Gasteiger partial charge in [-0.25, -0.2) is 0 Å². The lowest BCUT2D eigenvalue weighted by atomic mass is 10.4. The smallest absolute Gasteiger partial charge is 0.293 e. The molecule has 3 heteroatoms. The van der Waals surface area contributed by atoms with E-state index in [0.717, 1.165) is 0 Å². The van der Waals surface area contributed by atoms with E-state index in [1.165, 1.54) is 0 Å². The van der Waals surface area contributed by atoms with Crippen molar-refractivity contribution in [2.45, 2.75) is 0 Å². The first kappa shape index (κ1) is 7.50. The van der Waals surface area contributed by atoms with Crippen LogP contribution in [-0.4, -0.2) is 19.0 Å². The summed E-state index contributed by atoms with van der Waals surface area (Å²) in [5.74, 6) is 0.341. The van der Waals surface area contributed by atoms with Gasteiger partial charge in [0.1, 0.15) is 6.61 Å². The van der Waals surface area contributed by atoms with Gasteiger partial charge in [-0.2, -0.15) is 0 Å². The number of alkyl halides is 1. The van der Waals surface area contributed by atoms with E-state index in [1.54, 1.807) is 0 Å². The van der Waals surface area contributed by atoms with E-state index >= 15 is 0 Å². The lowest BCUT2D eigenvalue weighted by Gasteiger charge is -1.95. The first-order valence-electron chi connectivity index (χ1n) is 2.09. The van der Waals surface area contributed by atoms with Gasteiger partial charge in [-0.1, -0.05) is 6.58 Å². The second kappa shape index (κ2) is 4.65. The third-order valence-electron chi connectivity index (χ3n) is 0.544. The Balaban J connectivity index is 3.11. The Labute approximate surface area is 53.1 Å². The molecule has 0 aromatic rings. The van der Waals surface area contributed by atoms with Crippen molar-refractivity contribution in [3.8, 4) is 0 Å². The summed E-state index contributed by atoms with van der Waals surface area (Å²) >= 11 is 5.29. The molecule has 0 aliphatic rings. The molecule has 0 radical (unpaired) electrons. The monoisotopic (exact) mass is 134 g/mol. The van der Waals surface area contributed by atoms with Gasteiger partial charge >= 0.3 is 0 Å². The fourth-order valence-electron chi connectivity index (χ4n) is 0.190. The SMILES string of the molecule is C=C(CCl)COC=O. The Morgan fingerprint density at radius 2 is 2.50 bits per heavy atom. The van der Waals surface area contributed by atoms with Crippen molar-refractivity contribution < 1.29 is 9.53 Å². The molecular formula is C5H7ClO2. The molecule has 0 bridgehead atoms. The van der Waals surface area contributed by atoms with Gasteiger partial charge in [0.15, 0.2) is 0 Å². The van der Waals surface area contributed by atoms with Crippen molar-refractivity contribution in [2.24, 2.45) is 0 Å². The lowest BCUT2D eigenvalue weighted by molar-refractivity contribution is -0.127. The summed E-state index contributed by atoms with van der Waals surface area (Å²) in [7, 11) is 0. The summed E-state index contributed by atoms with van der Waals surface area (Å²) in [4.78, 5) is 9.52. The number of halogens is 1. The highest BCUT2D eigenvalue weighted by Crippen LogP contribution is 1.91. The minimum Gasteiger partial charge on any atom is -0.463 e. The predicted octanol–water partition coefficient (Wildman–Crippen LogP) is 0.954. The number of hydrogen-bond donors (Lipinski definition) is 0. The molecule has 0 fully saturated rings. The highest BCUT2D eigenvalue weighted by Gasteiger charge is 1.87. The van der Waals surface area contributed by atoms with E-state index in [1.807, 2.05) is 0 Å². The topological polar surface area (TPSA) is 26.3 Å². The highest BCUT2D eigenvalue weighted by molar-refractivity contribution is 6.19. The Morgan fingerprint density at radius 3 is 2.88 bits per heavy atom. The minimum absolute atomic E-state index is 0.229. The van der Waals surface area contributed by atoms with E-state index in [-0.39, 0.29) is 6.61 Å². The first-order chi connectivity index (χ1) is 3.81. The van der Waals surface area contributed by atoms with E-state index in [9.17, 15) is 4.79 Å². The van der Waals surface area contributed by atoms with Gasteiger partial charge in [0.25, 0.3) is 6.47 Å². The number of carbonyl (C=O) groups is 1. The number of ether oxygens (including phenoxy) is 1. The van der Waals surface area contributed by atoms with Crippen molar-refractivity contribution in [1.29, 1.82) is 0 Å². The average molecular weight is 135 g/mol. The Morgan fingerprint density at radius 1 is 1.88 bits per heavy atom. The van der Waals surface area contributed by atoms with Crippen molar-refractivity contribution in [2.75, 3.05) is 12.5 Å². The summed E-state index contributed by atoms with van der Waals surface area (Å²) in [5, 5.41) is 0. The molecule has 0 aromatic heterocycles. The van der Waals surface area contributed by atoms with Gasteiger partial charge in [-0.05, 0) is 5.57 Å². The first-order valence-corrected chi connectivity index (χ1v) is 2.62. The summed E-state index contributed by atoms with van der Waals surface area (Å²) < 4.78 is 4.32. The van der Waals surface area contributed by atoms with Gasteiger partial charge in [0.05, 0.1) is 0 Å². The summed E-state index contributed by atoms with van der Waals surface area (Å²) in [5.41, 5.74) is 0.707. The van der Waals surface area contributed by atoms with Gasteiger partial charge in [-0.15, -0.1) is 11.6 Å². The molecule has 0 rings (SSSR count). The molecule has 8 heavy (non-hydrogen) atoms. The molecule has 0 heterocycles. The van der Waals surface area contributed by atoms with Crippen LogP contribution < -0.4 is 0 Å². The molecule has 0 spiro atoms. The van der Waals surface area contributed by atoms with E-state index in [2.05, 4.69) is 11.3 Å². The molecular weight excluding hydrogens is 128 g/mol. The number of rotatable bonds is 4. The zero-order chi connectivity index (χ0) is 6.41. The summed E-state index contributed by atoms with van der Waals surface area (Å²) in [6.45, 7) is 4.10. The molecule has 0 atom stereocenters. The van der Waals surface area contributed by atoms with Crippen molar-refractivity contribution in [3.05, 3.63) is 12.2 Å². The fourth-order valence-corrected chi connectivity index (χ4v) is 0.268. The zero-order valence-corrected chi connectivity index (χ0v) is 5.15. The number of hydrogen-bond acceptors (Lipinski definition) is 2. The fraction of sp³-hybridized carbons (Fsp3) is 0.400. The maximum absolute atomic E-state index is 9.52. The van der Waals surface area contributed by atoms with E-state index in [0.29, 0.717) is 17.9 Å². The highest BCUT2D eigenvalue weighted by atomic mass is 35.5. The molecule has 0 aliphatic heterocycles. The Kier molecular flexibility index (Phi) is 4.36. The molecule has 2 nitrogen and oxygen atoms in total. The van der Waals surface area contributed by atoms with Gasteiger partial charge in [-0.3, -0.25) is 4.79 Å². The molecule has 0 aliphatic carbocycles. The minimum atomic E-state index is 0.229. The number of carbonyl (C=O) groups excluding carboxylic acids is 1. The van der Waals surface area contributed by atoms with Gasteiger partial charge < -0.3 is 4.74 Å². The Bertz CT molecular complexity index is 90.4. The lowest BCUT2D eigenvalue weighted by Crippen LogP contribution is -1.95. The molecule has 0 N–H and O–H groups in total. The molecule has 0 saturated carbocycles. The third-order valence-corrected chi connectivity index (χ3v) is 0.922. The van der Waals surface area contributed by atoms with Gasteiger partial charge in [0.2, 0.25) is 0 Å². The van der Waals surface area contributed by atoms with Crippen molar-refractivity contribution >= 4 is 18.1 Å². The van der Waals surface area contributed by atoms with E-state index < -0.39 is 0 Å². The van der Waals surface area contributed by atoms with Crippen LogP contribution in [0.2, 0.25) is 0 Å². The van der Waals surface area contributed by atoms with Crippen LogP contribution in [0.4, 0.5) is 0 Å². The van der Waals surface area contributed by atoms with Crippen molar-refractivity contribution in [1.82, 2.24) is 0 Å². The van der Waals surface area contributed by atoms with Crippen molar-refractivity contribution in [3.63, 3.8) is 0 Å². The van der Waals surface area contributed by atoms with Gasteiger partial charge in [0, 0.05) is 5.88 Å². The van der Waals surface area contributed by atoms with Crippen LogP contribution in [0.3, 0.4) is 0 Å². The summed E-state index contributed by atoms with van der Waals surface area (Å²) in [6, 6.07) is 0. The average Bonchev–Trinajstić information content (AvgIpc) is 1.83. The predicted molar refractivity (Wildman–Crippen MR) is 31.9 cm³/mol. The van der Waals surface area contributed by atoms with Crippen LogP contribution in [0.25, 0.3) is 0 Å². The summed E-state index contributed by atoms with van der Waals surface area (Å²) in [6.07, 6.45) is 0. The molecule has 46 valence electrons. The van der Waals surface area contributed by atoms with Crippen LogP contribution in [0, 0.1) is 0 Å². The molecule has 0 unspecified atom stereocenters. The second-order valence-corrected chi connectivity index (χ2v) is 1.56. The van der Waals surface area contributed by atoms with Crippen LogP contribution in [-0.2, 0) is 9.53 Å². The maximum Gasteiger partial charge on any atom is 0.293 e. The molecule has 0 saturated heterocycles. The molecule has 0 amide bonds. The van der Waals surface area contributed by atoms with Crippen LogP contribution in [0.1, 0.15) is 0 Å². The second-order valence-electron chi connectivity index (χ2n) is 1.29. The molecule has 0 aromatic carbocycles. The standard InChI is InChI=1S/C5H7ClO2/c1-5(2-6)3-8-4-7/h4H,1-3H2. The normalized spacial score (nSPS) is 8.12. The van der Waals surface area contributed by atoms with Crippen LogP contribution >= 0.6 is 11.6 Å². The maximum atomic E-state index is 9.52. The van der Waals surface area contributed by atoms with E-state index in [4.69, 9.17) is 11.6 Å². The Hall–Kier alpha value is -0.500.